The summed E-state index contributed by atoms with van der Waals surface area (Å²) < 4.78 is 5.72. The average molecular weight is 402 g/mol. The minimum absolute atomic E-state index is 0.0286. The Morgan fingerprint density at radius 1 is 1.31 bits per heavy atom. The van der Waals surface area contributed by atoms with E-state index < -0.39 is 0 Å². The van der Waals surface area contributed by atoms with Gasteiger partial charge in [-0.15, -0.1) is 0 Å². The van der Waals surface area contributed by atoms with Gasteiger partial charge >= 0.3 is 0 Å². The van der Waals surface area contributed by atoms with Crippen LogP contribution in [0.15, 0.2) is 11.0 Å². The summed E-state index contributed by atoms with van der Waals surface area (Å²) in [7, 11) is 0. The summed E-state index contributed by atoms with van der Waals surface area (Å²) in [5, 5.41) is 0. The summed E-state index contributed by atoms with van der Waals surface area (Å²) in [6, 6.07) is 0. The summed E-state index contributed by atoms with van der Waals surface area (Å²) in [6.45, 7) is 5.35. The topological polar surface area (TPSA) is 95.6 Å². The third-order valence-corrected chi connectivity index (χ3v) is 6.71. The van der Waals surface area contributed by atoms with E-state index in [2.05, 4.69) is 9.97 Å². The Kier molecular flexibility index (Phi) is 5.72. The maximum Gasteiger partial charge on any atom is 0.254 e. The highest BCUT2D eigenvalue weighted by atomic mass is 16.5. The SMILES string of the molecule is Cc1ncc(CC(=O)N2CCC3(CCC(=O)N(CC4CCCO4)C3)CC2)c(=O)[nH]1. The van der Waals surface area contributed by atoms with Crippen LogP contribution in [-0.2, 0) is 20.7 Å². The minimum Gasteiger partial charge on any atom is -0.376 e. The van der Waals surface area contributed by atoms with Crippen molar-refractivity contribution in [2.75, 3.05) is 32.8 Å². The number of aromatic amines is 1. The molecular weight excluding hydrogens is 372 g/mol. The molecule has 1 unspecified atom stereocenters. The number of H-pyrrole nitrogens is 1. The van der Waals surface area contributed by atoms with Gasteiger partial charge in [-0.25, -0.2) is 4.98 Å². The summed E-state index contributed by atoms with van der Waals surface area (Å²) in [6.07, 6.45) is 7.15. The molecule has 3 fully saturated rings. The van der Waals surface area contributed by atoms with Crippen LogP contribution in [0.25, 0.3) is 0 Å². The number of hydrogen-bond donors (Lipinski definition) is 1. The van der Waals surface area contributed by atoms with Crippen molar-refractivity contribution >= 4 is 11.8 Å². The predicted octanol–water partition coefficient (Wildman–Crippen LogP) is 1.03. The summed E-state index contributed by atoms with van der Waals surface area (Å²) in [5.41, 5.74) is 0.272. The van der Waals surface area contributed by atoms with E-state index in [1.807, 2.05) is 9.80 Å². The molecule has 4 heterocycles. The van der Waals surface area contributed by atoms with Gasteiger partial charge in [0, 0.05) is 51.0 Å². The molecule has 0 radical (unpaired) electrons. The molecule has 0 aliphatic carbocycles. The lowest BCUT2D eigenvalue weighted by Crippen LogP contribution is -2.53. The average Bonchev–Trinajstić information content (AvgIpc) is 3.21. The van der Waals surface area contributed by atoms with Crippen LogP contribution in [0.3, 0.4) is 0 Å². The largest absolute Gasteiger partial charge is 0.376 e. The van der Waals surface area contributed by atoms with Gasteiger partial charge in [0.15, 0.2) is 0 Å². The second kappa shape index (κ2) is 8.26. The van der Waals surface area contributed by atoms with Gasteiger partial charge in [-0.2, -0.15) is 0 Å². The van der Waals surface area contributed by atoms with Crippen LogP contribution in [0.5, 0.6) is 0 Å². The molecular formula is C21H30N4O4. The van der Waals surface area contributed by atoms with Crippen molar-refractivity contribution in [2.45, 2.75) is 58.0 Å². The first-order valence-corrected chi connectivity index (χ1v) is 10.7. The van der Waals surface area contributed by atoms with Crippen molar-refractivity contribution in [3.05, 3.63) is 27.9 Å². The van der Waals surface area contributed by atoms with E-state index in [-0.39, 0.29) is 35.3 Å². The third kappa shape index (κ3) is 4.52. The number of aromatic nitrogens is 2. The van der Waals surface area contributed by atoms with Crippen molar-refractivity contribution in [3.8, 4) is 0 Å². The van der Waals surface area contributed by atoms with Gasteiger partial charge in [0.05, 0.1) is 12.5 Å². The number of aryl methyl sites for hydroxylation is 1. The molecule has 3 aliphatic heterocycles. The van der Waals surface area contributed by atoms with E-state index in [4.69, 9.17) is 4.74 Å². The first-order valence-electron chi connectivity index (χ1n) is 10.7. The van der Waals surface area contributed by atoms with E-state index in [1.165, 1.54) is 6.20 Å². The molecule has 158 valence electrons. The highest BCUT2D eigenvalue weighted by Crippen LogP contribution is 2.40. The third-order valence-electron chi connectivity index (χ3n) is 6.71. The monoisotopic (exact) mass is 402 g/mol. The molecule has 29 heavy (non-hydrogen) atoms. The number of carbonyl (C=O) groups excluding carboxylic acids is 2. The molecule has 2 amide bonds. The van der Waals surface area contributed by atoms with Crippen LogP contribution in [0.1, 0.15) is 49.9 Å². The van der Waals surface area contributed by atoms with Gasteiger partial charge in [-0.05, 0) is 44.4 Å². The van der Waals surface area contributed by atoms with Crippen LogP contribution in [0.4, 0.5) is 0 Å². The number of likely N-dealkylation sites (tertiary alicyclic amines) is 2. The number of rotatable bonds is 4. The Morgan fingerprint density at radius 3 is 2.79 bits per heavy atom. The van der Waals surface area contributed by atoms with E-state index in [1.54, 1.807) is 6.92 Å². The van der Waals surface area contributed by atoms with E-state index in [0.29, 0.717) is 37.4 Å². The Morgan fingerprint density at radius 2 is 2.10 bits per heavy atom. The number of piperidine rings is 2. The predicted molar refractivity (Wildman–Crippen MR) is 106 cm³/mol. The van der Waals surface area contributed by atoms with Crippen LogP contribution in [-0.4, -0.2) is 70.5 Å². The fourth-order valence-corrected chi connectivity index (χ4v) is 4.85. The highest BCUT2D eigenvalue weighted by molar-refractivity contribution is 5.79. The molecule has 8 heteroatoms. The van der Waals surface area contributed by atoms with Crippen molar-refractivity contribution in [1.82, 2.24) is 19.8 Å². The minimum atomic E-state index is -0.241. The Balaban J connectivity index is 1.33. The molecule has 0 aromatic carbocycles. The van der Waals surface area contributed by atoms with Crippen molar-refractivity contribution in [2.24, 2.45) is 5.41 Å². The number of carbonyl (C=O) groups is 2. The number of ether oxygens (including phenoxy) is 1. The zero-order valence-electron chi connectivity index (χ0n) is 17.1. The zero-order chi connectivity index (χ0) is 20.4. The van der Waals surface area contributed by atoms with Crippen LogP contribution in [0.2, 0.25) is 0 Å². The van der Waals surface area contributed by atoms with Crippen molar-refractivity contribution in [3.63, 3.8) is 0 Å². The smallest absolute Gasteiger partial charge is 0.254 e. The first kappa shape index (κ1) is 20.1. The normalized spacial score (nSPS) is 24.3. The number of amides is 2. The Hall–Kier alpha value is -2.22. The standard InChI is InChI=1S/C21H30N4O4/c1-15-22-12-16(20(28)23-15)11-19(27)24-8-6-21(7-9-24)5-4-18(26)25(14-21)13-17-3-2-10-29-17/h12,17H,2-11,13-14H2,1H3,(H,22,23,28). The molecule has 1 aromatic rings. The molecule has 3 saturated heterocycles. The van der Waals surface area contributed by atoms with E-state index >= 15 is 0 Å². The fourth-order valence-electron chi connectivity index (χ4n) is 4.85. The van der Waals surface area contributed by atoms with Gasteiger partial charge in [0.25, 0.3) is 5.56 Å². The van der Waals surface area contributed by atoms with E-state index in [0.717, 1.165) is 45.3 Å². The number of nitrogens with zero attached hydrogens (tertiary/aromatic N) is 3. The molecule has 1 N–H and O–H groups in total. The number of hydrogen-bond acceptors (Lipinski definition) is 5. The lowest BCUT2D eigenvalue weighted by atomic mass is 9.72. The van der Waals surface area contributed by atoms with Gasteiger partial charge in [-0.1, -0.05) is 0 Å². The summed E-state index contributed by atoms with van der Waals surface area (Å²) >= 11 is 0. The molecule has 8 nitrogen and oxygen atoms in total. The molecule has 0 bridgehead atoms. The molecule has 3 aliphatic rings. The first-order chi connectivity index (χ1) is 13.9. The number of nitrogens with one attached hydrogen (secondary N) is 1. The molecule has 1 atom stereocenters. The quantitative estimate of drug-likeness (QED) is 0.812. The lowest BCUT2D eigenvalue weighted by Gasteiger charge is -2.47. The Labute approximate surface area is 170 Å². The van der Waals surface area contributed by atoms with Crippen LogP contribution < -0.4 is 5.56 Å². The van der Waals surface area contributed by atoms with Crippen molar-refractivity contribution in [1.29, 1.82) is 0 Å². The second-order valence-corrected chi connectivity index (χ2v) is 8.79. The molecule has 1 spiro atoms. The summed E-state index contributed by atoms with van der Waals surface area (Å²) in [5.74, 6) is 0.750. The maximum absolute atomic E-state index is 12.7. The Bertz CT molecular complexity index is 822. The molecule has 4 rings (SSSR count). The molecule has 1 aromatic heterocycles. The summed E-state index contributed by atoms with van der Waals surface area (Å²) in [4.78, 5) is 47.7. The van der Waals surface area contributed by atoms with Gasteiger partial charge in [0.1, 0.15) is 5.82 Å². The van der Waals surface area contributed by atoms with E-state index in [9.17, 15) is 14.4 Å². The lowest BCUT2D eigenvalue weighted by molar-refractivity contribution is -0.143. The maximum atomic E-state index is 12.7. The van der Waals surface area contributed by atoms with Gasteiger partial charge in [-0.3, -0.25) is 14.4 Å². The van der Waals surface area contributed by atoms with Crippen LogP contribution in [0, 0.1) is 12.3 Å². The highest BCUT2D eigenvalue weighted by Gasteiger charge is 2.42. The zero-order valence-corrected chi connectivity index (χ0v) is 17.1. The van der Waals surface area contributed by atoms with Crippen LogP contribution >= 0.6 is 0 Å². The molecule has 0 saturated carbocycles. The van der Waals surface area contributed by atoms with Gasteiger partial charge < -0.3 is 19.5 Å². The fraction of sp³-hybridized carbons (Fsp3) is 0.714. The van der Waals surface area contributed by atoms with Crippen molar-refractivity contribution < 1.29 is 14.3 Å². The second-order valence-electron chi connectivity index (χ2n) is 8.79. The van der Waals surface area contributed by atoms with Gasteiger partial charge in [0.2, 0.25) is 11.8 Å².